The number of nitrogens with one attached hydrogen (secondary N) is 1. The summed E-state index contributed by atoms with van der Waals surface area (Å²) in [6.45, 7) is -2.43. The maximum absolute atomic E-state index is 14.3. The molecule has 2 heterocycles. The van der Waals surface area contributed by atoms with Gasteiger partial charge < -0.3 is 20.0 Å². The molecular formula is C32H28N4O11P2. The van der Waals surface area contributed by atoms with Crippen molar-refractivity contribution in [1.29, 1.82) is 0 Å². The summed E-state index contributed by atoms with van der Waals surface area (Å²) in [5.41, 5.74) is -3.37. The molecule has 0 radical (unpaired) electrons. The Bertz CT molecular complexity index is 1920. The van der Waals surface area contributed by atoms with Crippen LogP contribution in [0.15, 0.2) is 121 Å². The fraction of sp³-hybridized carbons (Fsp3) is 0.125. The highest BCUT2D eigenvalue weighted by atomic mass is 31.2. The molecule has 4 aromatic carbocycles. The smallest absolute Gasteiger partial charge is 0.315 e. The van der Waals surface area contributed by atoms with Crippen LogP contribution in [0.5, 0.6) is 0 Å². The lowest BCUT2D eigenvalue weighted by atomic mass is 9.82. The van der Waals surface area contributed by atoms with E-state index in [2.05, 4.69) is 9.84 Å². The Balaban J connectivity index is 1.42. The van der Waals surface area contributed by atoms with E-state index in [9.17, 15) is 43.0 Å². The molecule has 1 atom stereocenters. The Morgan fingerprint density at radius 1 is 0.571 bits per heavy atom. The molecule has 2 fully saturated rings. The molecule has 17 heteroatoms. The van der Waals surface area contributed by atoms with E-state index < -0.39 is 64.0 Å². The third-order valence-corrected chi connectivity index (χ3v) is 10.0. The zero-order valence-corrected chi connectivity index (χ0v) is 27.1. The normalized spacial score (nSPS) is 18.5. The third kappa shape index (κ3) is 5.77. The van der Waals surface area contributed by atoms with Crippen LogP contribution in [-0.4, -0.2) is 66.5 Å². The summed E-state index contributed by atoms with van der Waals surface area (Å²) in [5, 5.41) is 2.68. The lowest BCUT2D eigenvalue weighted by Gasteiger charge is -2.37. The average Bonchev–Trinajstić information content (AvgIpc) is 3.50. The van der Waals surface area contributed by atoms with Crippen LogP contribution in [-0.2, 0) is 38.8 Å². The van der Waals surface area contributed by atoms with Gasteiger partial charge in [0, 0.05) is 0 Å². The molecule has 252 valence electrons. The predicted molar refractivity (Wildman–Crippen MR) is 171 cm³/mol. The van der Waals surface area contributed by atoms with Gasteiger partial charge in [0.2, 0.25) is 0 Å². The molecule has 1 unspecified atom stereocenters. The Morgan fingerprint density at radius 2 is 0.980 bits per heavy atom. The molecule has 49 heavy (non-hydrogen) atoms. The van der Waals surface area contributed by atoms with Crippen molar-refractivity contribution in [2.75, 3.05) is 13.5 Å². The van der Waals surface area contributed by atoms with E-state index in [4.69, 9.17) is 4.52 Å². The fourth-order valence-electron chi connectivity index (χ4n) is 6.01. The Labute approximate surface area is 279 Å². The lowest BCUT2D eigenvalue weighted by molar-refractivity contribution is -0.134. The maximum Gasteiger partial charge on any atom is 0.471 e. The van der Waals surface area contributed by atoms with Crippen molar-refractivity contribution in [3.63, 3.8) is 0 Å². The predicted octanol–water partition coefficient (Wildman–Crippen LogP) is 3.83. The second-order valence-electron chi connectivity index (χ2n) is 10.9. The molecule has 2 aliphatic heterocycles. The van der Waals surface area contributed by atoms with Crippen LogP contribution in [0.2, 0.25) is 0 Å². The summed E-state index contributed by atoms with van der Waals surface area (Å²) in [6.07, 6.45) is 0. The average molecular weight is 707 g/mol. The first-order chi connectivity index (χ1) is 23.3. The summed E-state index contributed by atoms with van der Waals surface area (Å²) in [6, 6.07) is 29.0. The number of carbonyl (C=O) groups excluding carboxylic acids is 4. The van der Waals surface area contributed by atoms with Gasteiger partial charge in [-0.1, -0.05) is 121 Å². The number of phosphoric ester groups is 1. The van der Waals surface area contributed by atoms with Crippen LogP contribution >= 0.6 is 15.6 Å². The first-order valence-corrected chi connectivity index (χ1v) is 17.6. The highest BCUT2D eigenvalue weighted by molar-refractivity contribution is 7.51. The minimum atomic E-state index is -5.58. The summed E-state index contributed by atoms with van der Waals surface area (Å²) in [4.78, 5) is 86.9. The molecule has 4 N–H and O–H groups in total. The van der Waals surface area contributed by atoms with Gasteiger partial charge in [-0.2, -0.15) is 0 Å². The van der Waals surface area contributed by atoms with Gasteiger partial charge in [0.25, 0.3) is 11.8 Å². The van der Waals surface area contributed by atoms with E-state index in [1.54, 1.807) is 72.8 Å². The fourth-order valence-corrected chi connectivity index (χ4v) is 7.68. The van der Waals surface area contributed by atoms with E-state index >= 15 is 0 Å². The molecule has 15 nitrogen and oxygen atoms in total. The van der Waals surface area contributed by atoms with Gasteiger partial charge in [-0.3, -0.25) is 18.6 Å². The molecule has 0 bridgehead atoms. The molecule has 2 saturated heterocycles. The van der Waals surface area contributed by atoms with E-state index in [0.29, 0.717) is 16.0 Å². The number of phosphoric acid groups is 1. The molecule has 6 rings (SSSR count). The van der Waals surface area contributed by atoms with Crippen molar-refractivity contribution in [1.82, 2.24) is 19.8 Å². The Kier molecular flexibility index (Phi) is 8.86. The molecule has 6 amide bonds. The summed E-state index contributed by atoms with van der Waals surface area (Å²) < 4.78 is 36.0. The van der Waals surface area contributed by atoms with Crippen molar-refractivity contribution >= 4 is 39.4 Å². The number of benzene rings is 4. The number of carbonyl (C=O) groups is 4. The number of imide groups is 2. The van der Waals surface area contributed by atoms with Gasteiger partial charge in [-0.15, -0.1) is 0 Å². The van der Waals surface area contributed by atoms with Crippen molar-refractivity contribution in [3.05, 3.63) is 144 Å². The van der Waals surface area contributed by atoms with Gasteiger partial charge in [0.15, 0.2) is 11.1 Å². The lowest BCUT2D eigenvalue weighted by Crippen LogP contribution is -2.47. The largest absolute Gasteiger partial charge is 0.471 e. The summed E-state index contributed by atoms with van der Waals surface area (Å²) >= 11 is 0. The SMILES string of the molecule is O=C1NC(c2ccccc2)(c2ccccc2)C(=O)N1COP(=O)(O)N1C(=O)N(COP(=O)(O)O)C(=O)C1(c1ccccc1)c1ccccc1. The molecule has 0 saturated carbocycles. The van der Waals surface area contributed by atoms with Crippen LogP contribution in [0.3, 0.4) is 0 Å². The van der Waals surface area contributed by atoms with E-state index in [-0.39, 0.29) is 20.7 Å². The zero-order valence-electron chi connectivity index (χ0n) is 25.3. The van der Waals surface area contributed by atoms with E-state index in [1.807, 2.05) is 0 Å². The van der Waals surface area contributed by atoms with Crippen LogP contribution in [0, 0.1) is 0 Å². The van der Waals surface area contributed by atoms with Gasteiger partial charge >= 0.3 is 27.6 Å². The molecule has 0 spiro atoms. The second kappa shape index (κ2) is 12.8. The van der Waals surface area contributed by atoms with E-state index in [1.165, 1.54) is 48.5 Å². The second-order valence-corrected chi connectivity index (χ2v) is 13.8. The summed E-state index contributed by atoms with van der Waals surface area (Å²) in [7, 11) is -10.8. The first kappa shape index (κ1) is 33.9. The standard InChI is InChI=1S/C32H28N4O11P2/c37-27-31(23-13-5-1-6-14-23,24-15-7-2-8-16-24)33-29(39)34(27)21-46-48(41,42)36-30(40)35(22-47-49(43,44)45)28(38)32(36,25-17-9-3-10-18-25)26-19-11-4-12-20-26/h1-20H,21-22H2,(H,33,39)(H,41,42)(H2,43,44,45). The number of hydrogen-bond donors (Lipinski definition) is 4. The number of hydrogen-bond acceptors (Lipinski definition) is 8. The molecule has 0 aliphatic carbocycles. The third-order valence-electron chi connectivity index (χ3n) is 8.15. The monoisotopic (exact) mass is 706 g/mol. The Morgan fingerprint density at radius 3 is 1.41 bits per heavy atom. The summed E-state index contributed by atoms with van der Waals surface area (Å²) in [5.74, 6) is -2.05. The highest BCUT2D eigenvalue weighted by Gasteiger charge is 2.66. The van der Waals surface area contributed by atoms with Gasteiger partial charge in [-0.05, 0) is 22.3 Å². The van der Waals surface area contributed by atoms with Crippen LogP contribution < -0.4 is 5.32 Å². The maximum atomic E-state index is 14.3. The van der Waals surface area contributed by atoms with Crippen molar-refractivity contribution < 1.29 is 52.0 Å². The molecule has 2 aliphatic rings. The minimum absolute atomic E-state index is 0.0123. The van der Waals surface area contributed by atoms with Crippen molar-refractivity contribution in [3.8, 4) is 0 Å². The van der Waals surface area contributed by atoms with Crippen LogP contribution in [0.1, 0.15) is 22.3 Å². The first-order valence-electron chi connectivity index (χ1n) is 14.5. The van der Waals surface area contributed by atoms with Gasteiger partial charge in [0.05, 0.1) is 0 Å². The minimum Gasteiger partial charge on any atom is -0.315 e. The van der Waals surface area contributed by atoms with Gasteiger partial charge in [0.1, 0.15) is 13.5 Å². The molecule has 4 aromatic rings. The van der Waals surface area contributed by atoms with Gasteiger partial charge in [-0.25, -0.2) is 33.2 Å². The van der Waals surface area contributed by atoms with Crippen LogP contribution in [0.25, 0.3) is 0 Å². The number of rotatable bonds is 11. The zero-order chi connectivity index (χ0) is 35.0. The van der Waals surface area contributed by atoms with E-state index in [0.717, 1.165) is 0 Å². The Hall–Kier alpha value is -4.98. The van der Waals surface area contributed by atoms with Crippen molar-refractivity contribution in [2.24, 2.45) is 0 Å². The number of amides is 6. The molecular weight excluding hydrogens is 678 g/mol. The topological polar surface area (TPSA) is 203 Å². The highest BCUT2D eigenvalue weighted by Crippen LogP contribution is 2.60. The number of nitrogens with zero attached hydrogens (tertiary/aromatic N) is 3. The van der Waals surface area contributed by atoms with Crippen molar-refractivity contribution in [2.45, 2.75) is 11.1 Å². The molecule has 0 aromatic heterocycles. The number of urea groups is 2. The van der Waals surface area contributed by atoms with Crippen LogP contribution in [0.4, 0.5) is 9.59 Å². The quantitative estimate of drug-likeness (QED) is 0.130.